The highest BCUT2D eigenvalue weighted by atomic mass is 19.4. The standard InChI is InChI=1S/C13H14F3NO/c1-12(17,13(14,15)16)11(18)10-6-5-8-3-2-4-9(8)7-10/h5-7H,2-4,17H2,1H3. The zero-order chi connectivity index (χ0) is 13.6. The quantitative estimate of drug-likeness (QED) is 0.828. The van der Waals surface area contributed by atoms with Gasteiger partial charge in [-0.15, -0.1) is 0 Å². The Hall–Kier alpha value is -1.36. The summed E-state index contributed by atoms with van der Waals surface area (Å²) in [7, 11) is 0. The molecule has 2 rings (SSSR count). The number of hydrogen-bond acceptors (Lipinski definition) is 2. The molecule has 1 aliphatic rings. The molecule has 2 N–H and O–H groups in total. The summed E-state index contributed by atoms with van der Waals surface area (Å²) in [6.45, 7) is 0.711. The lowest BCUT2D eigenvalue weighted by atomic mass is 9.90. The molecule has 1 unspecified atom stereocenters. The van der Waals surface area contributed by atoms with Crippen molar-refractivity contribution < 1.29 is 18.0 Å². The molecule has 1 aliphatic carbocycles. The number of nitrogens with two attached hydrogens (primary N) is 1. The van der Waals surface area contributed by atoms with Crippen molar-refractivity contribution in [2.45, 2.75) is 37.9 Å². The molecular weight excluding hydrogens is 243 g/mol. The normalized spacial score (nSPS) is 18.3. The summed E-state index contributed by atoms with van der Waals surface area (Å²) in [5.41, 5.74) is 4.41. The van der Waals surface area contributed by atoms with Crippen LogP contribution in [0, 0.1) is 0 Å². The van der Waals surface area contributed by atoms with Gasteiger partial charge in [0.2, 0.25) is 0 Å². The van der Waals surface area contributed by atoms with Crippen LogP contribution >= 0.6 is 0 Å². The molecule has 5 heteroatoms. The van der Waals surface area contributed by atoms with E-state index in [0.717, 1.165) is 30.4 Å². The maximum absolute atomic E-state index is 12.7. The van der Waals surface area contributed by atoms with Crippen molar-refractivity contribution in [3.05, 3.63) is 34.9 Å². The van der Waals surface area contributed by atoms with E-state index < -0.39 is 17.5 Å². The molecular formula is C13H14F3NO. The zero-order valence-corrected chi connectivity index (χ0v) is 9.97. The molecule has 0 saturated heterocycles. The number of carbonyl (C=O) groups is 1. The number of halogens is 3. The predicted molar refractivity (Wildman–Crippen MR) is 61.4 cm³/mol. The summed E-state index contributed by atoms with van der Waals surface area (Å²) in [5, 5.41) is 0. The Morgan fingerprint density at radius 3 is 2.44 bits per heavy atom. The number of benzene rings is 1. The third-order valence-corrected chi connectivity index (χ3v) is 3.42. The summed E-state index contributed by atoms with van der Waals surface area (Å²) in [6, 6.07) is 4.70. The van der Waals surface area contributed by atoms with Gasteiger partial charge >= 0.3 is 6.18 Å². The molecule has 0 amide bonds. The molecule has 1 aromatic carbocycles. The van der Waals surface area contributed by atoms with Gasteiger partial charge in [-0.05, 0) is 43.4 Å². The van der Waals surface area contributed by atoms with Crippen LogP contribution in [-0.4, -0.2) is 17.5 Å². The van der Waals surface area contributed by atoms with Crippen LogP contribution in [0.4, 0.5) is 13.2 Å². The van der Waals surface area contributed by atoms with Gasteiger partial charge in [0, 0.05) is 5.56 Å². The van der Waals surface area contributed by atoms with Gasteiger partial charge in [0.15, 0.2) is 11.3 Å². The highest BCUT2D eigenvalue weighted by molar-refractivity contribution is 6.03. The minimum Gasteiger partial charge on any atom is -0.311 e. The van der Waals surface area contributed by atoms with Crippen LogP contribution in [0.2, 0.25) is 0 Å². The molecule has 1 atom stereocenters. The largest absolute Gasteiger partial charge is 0.413 e. The molecule has 98 valence electrons. The van der Waals surface area contributed by atoms with E-state index in [1.165, 1.54) is 6.07 Å². The van der Waals surface area contributed by atoms with E-state index in [-0.39, 0.29) is 5.56 Å². The maximum atomic E-state index is 12.7. The first-order valence-corrected chi connectivity index (χ1v) is 5.75. The minimum absolute atomic E-state index is 0.0398. The highest BCUT2D eigenvalue weighted by Gasteiger charge is 2.53. The SMILES string of the molecule is CC(N)(C(=O)c1ccc2c(c1)CCC2)C(F)(F)F. The van der Waals surface area contributed by atoms with Crippen molar-refractivity contribution in [2.75, 3.05) is 0 Å². The van der Waals surface area contributed by atoms with Crippen molar-refractivity contribution >= 4 is 5.78 Å². The number of rotatable bonds is 2. The smallest absolute Gasteiger partial charge is 0.311 e. The summed E-state index contributed by atoms with van der Waals surface area (Å²) in [6.07, 6.45) is -2.04. The fourth-order valence-corrected chi connectivity index (χ4v) is 2.14. The lowest BCUT2D eigenvalue weighted by molar-refractivity contribution is -0.165. The molecule has 0 aromatic heterocycles. The van der Waals surface area contributed by atoms with Gasteiger partial charge in [-0.1, -0.05) is 12.1 Å². The Morgan fingerprint density at radius 2 is 1.83 bits per heavy atom. The Labute approximate surface area is 103 Å². The molecule has 0 fully saturated rings. The van der Waals surface area contributed by atoms with E-state index in [0.29, 0.717) is 6.92 Å². The summed E-state index contributed by atoms with van der Waals surface area (Å²) in [4.78, 5) is 11.9. The van der Waals surface area contributed by atoms with Crippen LogP contribution in [0.3, 0.4) is 0 Å². The Morgan fingerprint density at radius 1 is 1.22 bits per heavy atom. The second kappa shape index (κ2) is 4.09. The number of carbonyl (C=O) groups excluding carboxylic acids is 1. The third kappa shape index (κ3) is 2.03. The molecule has 18 heavy (non-hydrogen) atoms. The molecule has 1 aromatic rings. The molecule has 0 heterocycles. The van der Waals surface area contributed by atoms with Crippen molar-refractivity contribution in [2.24, 2.45) is 5.73 Å². The summed E-state index contributed by atoms with van der Waals surface area (Å²) >= 11 is 0. The van der Waals surface area contributed by atoms with Crippen LogP contribution in [0.15, 0.2) is 18.2 Å². The topological polar surface area (TPSA) is 43.1 Å². The van der Waals surface area contributed by atoms with Crippen molar-refractivity contribution in [1.29, 1.82) is 0 Å². The van der Waals surface area contributed by atoms with E-state index >= 15 is 0 Å². The van der Waals surface area contributed by atoms with Gasteiger partial charge in [-0.3, -0.25) is 4.79 Å². The van der Waals surface area contributed by atoms with Gasteiger partial charge in [0.05, 0.1) is 0 Å². The lowest BCUT2D eigenvalue weighted by Gasteiger charge is -2.26. The highest BCUT2D eigenvalue weighted by Crippen LogP contribution is 2.32. The predicted octanol–water partition coefficient (Wildman–Crippen LogP) is 2.64. The maximum Gasteiger partial charge on any atom is 0.413 e. The molecule has 0 spiro atoms. The Kier molecular flexibility index (Phi) is 2.97. The van der Waals surface area contributed by atoms with Gasteiger partial charge in [0.25, 0.3) is 0 Å². The van der Waals surface area contributed by atoms with Gasteiger partial charge in [-0.25, -0.2) is 0 Å². The second-order valence-corrected chi connectivity index (χ2v) is 4.87. The molecule has 0 aliphatic heterocycles. The van der Waals surface area contributed by atoms with E-state index in [1.807, 2.05) is 0 Å². The van der Waals surface area contributed by atoms with Gasteiger partial charge in [-0.2, -0.15) is 13.2 Å². The van der Waals surface area contributed by atoms with Crippen LogP contribution in [0.25, 0.3) is 0 Å². The van der Waals surface area contributed by atoms with Crippen molar-refractivity contribution in [3.8, 4) is 0 Å². The minimum atomic E-state index is -4.75. The van der Waals surface area contributed by atoms with E-state index in [2.05, 4.69) is 0 Å². The van der Waals surface area contributed by atoms with E-state index in [4.69, 9.17) is 5.73 Å². The molecule has 0 radical (unpaired) electrons. The van der Waals surface area contributed by atoms with E-state index in [9.17, 15) is 18.0 Å². The van der Waals surface area contributed by atoms with E-state index in [1.54, 1.807) is 12.1 Å². The lowest BCUT2D eigenvalue weighted by Crippen LogP contribution is -2.57. The average Bonchev–Trinajstić information content (AvgIpc) is 2.73. The number of aryl methyl sites for hydroxylation is 2. The van der Waals surface area contributed by atoms with Gasteiger partial charge in [0.1, 0.15) is 0 Å². The van der Waals surface area contributed by atoms with Crippen molar-refractivity contribution in [1.82, 2.24) is 0 Å². The molecule has 0 bridgehead atoms. The first kappa shape index (κ1) is 13.1. The second-order valence-electron chi connectivity index (χ2n) is 4.87. The molecule has 0 saturated carbocycles. The van der Waals surface area contributed by atoms with Gasteiger partial charge < -0.3 is 5.73 Å². The first-order valence-electron chi connectivity index (χ1n) is 5.75. The number of fused-ring (bicyclic) bond motifs is 1. The fraction of sp³-hybridized carbons (Fsp3) is 0.462. The third-order valence-electron chi connectivity index (χ3n) is 3.42. The average molecular weight is 257 g/mol. The van der Waals surface area contributed by atoms with Crippen LogP contribution in [0.1, 0.15) is 34.8 Å². The van der Waals surface area contributed by atoms with Crippen LogP contribution in [-0.2, 0) is 12.8 Å². The Bertz CT molecular complexity index is 491. The monoisotopic (exact) mass is 257 g/mol. The number of ketones is 1. The first-order chi connectivity index (χ1) is 8.23. The van der Waals surface area contributed by atoms with Crippen LogP contribution < -0.4 is 5.73 Å². The van der Waals surface area contributed by atoms with Crippen molar-refractivity contribution in [3.63, 3.8) is 0 Å². The zero-order valence-electron chi connectivity index (χ0n) is 9.97. The number of Topliss-reactive ketones (excluding diaryl/α,β-unsaturated/α-hetero) is 1. The Balaban J connectivity index is 2.35. The number of hydrogen-bond donors (Lipinski definition) is 1. The summed E-state index contributed by atoms with van der Waals surface area (Å²) < 4.78 is 38.1. The summed E-state index contributed by atoms with van der Waals surface area (Å²) in [5.74, 6) is -1.08. The molecule has 2 nitrogen and oxygen atoms in total. The number of alkyl halides is 3. The fourth-order valence-electron chi connectivity index (χ4n) is 2.14. The van der Waals surface area contributed by atoms with Crippen LogP contribution in [0.5, 0.6) is 0 Å².